The van der Waals surface area contributed by atoms with Crippen LogP contribution in [-0.2, 0) is 4.79 Å². The van der Waals surface area contributed by atoms with E-state index < -0.39 is 0 Å². The summed E-state index contributed by atoms with van der Waals surface area (Å²) in [6.07, 6.45) is 1.38. The zero-order valence-corrected chi connectivity index (χ0v) is 20.6. The number of ketones is 1. The summed E-state index contributed by atoms with van der Waals surface area (Å²) in [6, 6.07) is 23.3. The zero-order chi connectivity index (χ0) is 24.3. The molecule has 0 spiro atoms. The number of hydrogen-bond acceptors (Lipinski definition) is 4. The lowest BCUT2D eigenvalue weighted by atomic mass is 9.68. The molecule has 4 aromatic rings. The van der Waals surface area contributed by atoms with Crippen LogP contribution in [0.15, 0.2) is 78.0 Å². The second-order valence-electron chi connectivity index (χ2n) is 10.5. The van der Waals surface area contributed by atoms with Gasteiger partial charge in [0.25, 0.3) is 0 Å². The SMILES string of the molecule is COc1ccc(C2C3=C(CC(C)(C)CC3=O)Nc3ccc4cc5ccccc5cc4c32)cc1OC. The Morgan fingerprint density at radius 3 is 2.31 bits per heavy atom. The molecule has 0 bridgehead atoms. The summed E-state index contributed by atoms with van der Waals surface area (Å²) in [5.74, 6) is 1.38. The first-order valence-corrected chi connectivity index (χ1v) is 12.1. The van der Waals surface area contributed by atoms with E-state index in [0.717, 1.165) is 39.9 Å². The molecule has 0 saturated heterocycles. The average molecular weight is 464 g/mol. The largest absolute Gasteiger partial charge is 0.493 e. The number of carbonyl (C=O) groups excluding carboxylic acids is 1. The van der Waals surface area contributed by atoms with Gasteiger partial charge in [0.15, 0.2) is 17.3 Å². The number of allylic oxidation sites excluding steroid dienone is 2. The average Bonchev–Trinajstić information content (AvgIpc) is 2.85. The Bertz CT molecular complexity index is 1550. The molecule has 1 atom stereocenters. The maximum absolute atomic E-state index is 13.7. The minimum absolute atomic E-state index is 0.0738. The normalized spacial score (nSPS) is 18.7. The van der Waals surface area contributed by atoms with E-state index in [2.05, 4.69) is 73.8 Å². The predicted octanol–water partition coefficient (Wildman–Crippen LogP) is 7.21. The standard InChI is InChI=1S/C31H29NO3/c1-31(2)16-24-30(25(33)17-31)28(21-10-12-26(34-3)27(15-21)35-4)29-22-14-19-8-6-5-7-18(19)13-20(22)9-11-23(29)32-24/h5-15,28,32H,16-17H2,1-4H3. The molecular weight excluding hydrogens is 434 g/mol. The van der Waals surface area contributed by atoms with Crippen molar-refractivity contribution in [1.29, 1.82) is 0 Å². The van der Waals surface area contributed by atoms with Gasteiger partial charge in [-0.05, 0) is 74.8 Å². The molecule has 1 heterocycles. The Labute approximate surface area is 205 Å². The fourth-order valence-electron chi connectivity index (χ4n) is 5.91. The molecule has 4 heteroatoms. The lowest BCUT2D eigenvalue weighted by Gasteiger charge is -2.40. The molecule has 176 valence electrons. The van der Waals surface area contributed by atoms with Gasteiger partial charge in [0.05, 0.1) is 14.2 Å². The third kappa shape index (κ3) is 3.47. The molecule has 1 aliphatic heterocycles. The third-order valence-corrected chi connectivity index (χ3v) is 7.45. The molecule has 1 unspecified atom stereocenters. The van der Waals surface area contributed by atoms with E-state index in [9.17, 15) is 4.79 Å². The van der Waals surface area contributed by atoms with Gasteiger partial charge < -0.3 is 14.8 Å². The molecule has 0 fully saturated rings. The van der Waals surface area contributed by atoms with Crippen LogP contribution in [0.1, 0.15) is 43.7 Å². The van der Waals surface area contributed by atoms with Crippen LogP contribution in [0, 0.1) is 5.41 Å². The van der Waals surface area contributed by atoms with Crippen molar-refractivity contribution >= 4 is 33.0 Å². The van der Waals surface area contributed by atoms with Crippen molar-refractivity contribution in [3.8, 4) is 11.5 Å². The van der Waals surface area contributed by atoms with Crippen molar-refractivity contribution in [3.63, 3.8) is 0 Å². The van der Waals surface area contributed by atoms with Crippen molar-refractivity contribution in [1.82, 2.24) is 0 Å². The molecule has 4 aromatic carbocycles. The Kier molecular flexibility index (Phi) is 4.89. The van der Waals surface area contributed by atoms with Crippen molar-refractivity contribution in [2.45, 2.75) is 32.6 Å². The third-order valence-electron chi connectivity index (χ3n) is 7.45. The summed E-state index contributed by atoms with van der Waals surface area (Å²) in [6.45, 7) is 4.34. The second-order valence-corrected chi connectivity index (χ2v) is 10.5. The molecule has 2 aliphatic rings. The fraction of sp³-hybridized carbons (Fsp3) is 0.258. The van der Waals surface area contributed by atoms with Crippen LogP contribution in [0.5, 0.6) is 11.5 Å². The van der Waals surface area contributed by atoms with Crippen molar-refractivity contribution in [3.05, 3.63) is 89.1 Å². The summed E-state index contributed by atoms with van der Waals surface area (Å²) < 4.78 is 11.2. The monoisotopic (exact) mass is 463 g/mol. The lowest BCUT2D eigenvalue weighted by Crippen LogP contribution is -2.33. The first kappa shape index (κ1) is 21.7. The maximum atomic E-state index is 13.7. The van der Waals surface area contributed by atoms with E-state index in [0.29, 0.717) is 17.9 Å². The fourth-order valence-corrected chi connectivity index (χ4v) is 5.91. The van der Waals surface area contributed by atoms with Gasteiger partial charge >= 0.3 is 0 Å². The van der Waals surface area contributed by atoms with E-state index in [1.54, 1.807) is 14.2 Å². The van der Waals surface area contributed by atoms with Crippen molar-refractivity contribution in [2.24, 2.45) is 5.41 Å². The van der Waals surface area contributed by atoms with Crippen LogP contribution in [-0.4, -0.2) is 20.0 Å². The Morgan fingerprint density at radius 2 is 1.57 bits per heavy atom. The highest BCUT2D eigenvalue weighted by molar-refractivity contribution is 6.07. The van der Waals surface area contributed by atoms with Crippen LogP contribution in [0.3, 0.4) is 0 Å². The number of hydrogen-bond donors (Lipinski definition) is 1. The molecule has 0 saturated carbocycles. The van der Waals surface area contributed by atoms with Crippen LogP contribution in [0.25, 0.3) is 21.5 Å². The molecule has 35 heavy (non-hydrogen) atoms. The van der Waals surface area contributed by atoms with Gasteiger partial charge in [-0.3, -0.25) is 4.79 Å². The number of anilines is 1. The highest BCUT2D eigenvalue weighted by Crippen LogP contribution is 2.52. The van der Waals surface area contributed by atoms with Gasteiger partial charge in [0.2, 0.25) is 0 Å². The molecule has 0 aromatic heterocycles. The number of fused-ring (bicyclic) bond motifs is 4. The summed E-state index contributed by atoms with van der Waals surface area (Å²) in [4.78, 5) is 13.7. The highest BCUT2D eigenvalue weighted by atomic mass is 16.5. The molecule has 0 amide bonds. The summed E-state index contributed by atoms with van der Waals surface area (Å²) in [5, 5.41) is 8.41. The number of Topliss-reactive ketones (excluding diaryl/α,β-unsaturated/α-hetero) is 1. The van der Waals surface area contributed by atoms with E-state index in [1.807, 2.05) is 12.1 Å². The van der Waals surface area contributed by atoms with Gasteiger partial charge in [0, 0.05) is 29.3 Å². The quantitative estimate of drug-likeness (QED) is 0.326. The van der Waals surface area contributed by atoms with E-state index >= 15 is 0 Å². The lowest BCUT2D eigenvalue weighted by molar-refractivity contribution is -0.118. The molecule has 6 rings (SSSR count). The van der Waals surface area contributed by atoms with Crippen molar-refractivity contribution < 1.29 is 14.3 Å². The predicted molar refractivity (Wildman–Crippen MR) is 142 cm³/mol. The highest BCUT2D eigenvalue weighted by Gasteiger charge is 2.41. The van der Waals surface area contributed by atoms with E-state index in [4.69, 9.17) is 9.47 Å². The second kappa shape index (κ2) is 7.88. The summed E-state index contributed by atoms with van der Waals surface area (Å²) in [7, 11) is 3.29. The van der Waals surface area contributed by atoms with Crippen LogP contribution >= 0.6 is 0 Å². The number of rotatable bonds is 3. The van der Waals surface area contributed by atoms with E-state index in [1.165, 1.54) is 16.2 Å². The van der Waals surface area contributed by atoms with Gasteiger partial charge in [-0.1, -0.05) is 50.2 Å². The Morgan fingerprint density at radius 1 is 0.829 bits per heavy atom. The van der Waals surface area contributed by atoms with E-state index in [-0.39, 0.29) is 17.1 Å². The van der Waals surface area contributed by atoms with Crippen LogP contribution in [0.4, 0.5) is 5.69 Å². The van der Waals surface area contributed by atoms with Gasteiger partial charge in [-0.2, -0.15) is 0 Å². The zero-order valence-electron chi connectivity index (χ0n) is 20.6. The maximum Gasteiger partial charge on any atom is 0.162 e. The number of nitrogens with one attached hydrogen (secondary N) is 1. The molecular formula is C31H29NO3. The van der Waals surface area contributed by atoms with Gasteiger partial charge in [-0.25, -0.2) is 0 Å². The smallest absolute Gasteiger partial charge is 0.162 e. The topological polar surface area (TPSA) is 47.6 Å². The minimum atomic E-state index is -0.186. The Balaban J connectivity index is 1.67. The number of methoxy groups -OCH3 is 2. The van der Waals surface area contributed by atoms with Gasteiger partial charge in [-0.15, -0.1) is 0 Å². The molecule has 0 radical (unpaired) electrons. The summed E-state index contributed by atoms with van der Waals surface area (Å²) in [5.41, 5.74) is 5.09. The first-order chi connectivity index (χ1) is 16.9. The minimum Gasteiger partial charge on any atom is -0.493 e. The van der Waals surface area contributed by atoms with Crippen LogP contribution < -0.4 is 14.8 Å². The first-order valence-electron chi connectivity index (χ1n) is 12.1. The molecule has 1 aliphatic carbocycles. The molecule has 4 nitrogen and oxygen atoms in total. The Hall–Kier alpha value is -3.79. The van der Waals surface area contributed by atoms with Crippen molar-refractivity contribution in [2.75, 3.05) is 19.5 Å². The number of ether oxygens (including phenoxy) is 2. The van der Waals surface area contributed by atoms with Crippen LogP contribution in [0.2, 0.25) is 0 Å². The number of benzene rings is 4. The number of carbonyl (C=O) groups is 1. The molecule has 1 N–H and O–H groups in total. The summed E-state index contributed by atoms with van der Waals surface area (Å²) >= 11 is 0. The van der Waals surface area contributed by atoms with Gasteiger partial charge in [0.1, 0.15) is 0 Å².